The first kappa shape index (κ1) is 19.8. The maximum absolute atomic E-state index is 4.68. The van der Waals surface area contributed by atoms with Gasteiger partial charge < -0.3 is 15.5 Å². The van der Waals surface area contributed by atoms with Gasteiger partial charge in [0.15, 0.2) is 5.96 Å². The summed E-state index contributed by atoms with van der Waals surface area (Å²) in [5.41, 5.74) is 2.31. The van der Waals surface area contributed by atoms with Crippen molar-refractivity contribution >= 4 is 5.96 Å². The molecule has 1 aromatic heterocycles. The van der Waals surface area contributed by atoms with E-state index in [2.05, 4.69) is 50.2 Å². The topological polar surface area (TPSA) is 57.5 Å². The van der Waals surface area contributed by atoms with E-state index in [1.54, 1.807) is 0 Å². The standard InChI is InChI=1S/C19H36N6/c1-4-20-19(21-10-5-6-12-24-13-7-8-14-24)22-11-9-15-25-18(3)16-17(2)23-25/h16H,4-15H2,1-3H3,(H2,20,21,22). The lowest BCUT2D eigenvalue weighted by molar-refractivity contribution is 0.330. The zero-order chi connectivity index (χ0) is 17.9. The van der Waals surface area contributed by atoms with Crippen molar-refractivity contribution in [2.45, 2.75) is 59.4 Å². The lowest BCUT2D eigenvalue weighted by atomic mass is 10.3. The van der Waals surface area contributed by atoms with Crippen LogP contribution in [0.25, 0.3) is 0 Å². The zero-order valence-corrected chi connectivity index (χ0v) is 16.4. The van der Waals surface area contributed by atoms with Gasteiger partial charge in [-0.25, -0.2) is 0 Å². The summed E-state index contributed by atoms with van der Waals surface area (Å²) in [7, 11) is 0. The molecule has 6 nitrogen and oxygen atoms in total. The third kappa shape index (κ3) is 7.46. The van der Waals surface area contributed by atoms with E-state index < -0.39 is 0 Å². The van der Waals surface area contributed by atoms with Crippen LogP contribution >= 0.6 is 0 Å². The summed E-state index contributed by atoms with van der Waals surface area (Å²) in [5.74, 6) is 0.942. The van der Waals surface area contributed by atoms with Crippen molar-refractivity contribution in [3.8, 4) is 0 Å². The lowest BCUT2D eigenvalue weighted by Gasteiger charge is -2.15. The summed E-state index contributed by atoms with van der Waals surface area (Å²) in [4.78, 5) is 7.26. The predicted molar refractivity (Wildman–Crippen MR) is 105 cm³/mol. The zero-order valence-electron chi connectivity index (χ0n) is 16.4. The van der Waals surface area contributed by atoms with Crippen molar-refractivity contribution in [3.05, 3.63) is 17.5 Å². The van der Waals surface area contributed by atoms with E-state index in [0.29, 0.717) is 0 Å². The molecule has 0 radical (unpaired) electrons. The molecule has 0 spiro atoms. The van der Waals surface area contributed by atoms with Gasteiger partial charge in [0, 0.05) is 31.9 Å². The van der Waals surface area contributed by atoms with Crippen LogP contribution in [-0.4, -0.2) is 59.9 Å². The summed E-state index contributed by atoms with van der Waals surface area (Å²) in [6, 6.07) is 2.12. The van der Waals surface area contributed by atoms with E-state index in [0.717, 1.165) is 44.3 Å². The van der Waals surface area contributed by atoms with E-state index >= 15 is 0 Å². The number of aromatic nitrogens is 2. The molecule has 0 unspecified atom stereocenters. The van der Waals surface area contributed by atoms with Crippen LogP contribution in [0.2, 0.25) is 0 Å². The molecule has 2 heterocycles. The van der Waals surface area contributed by atoms with Gasteiger partial charge in [-0.3, -0.25) is 9.67 Å². The fraction of sp³-hybridized carbons (Fsp3) is 0.789. The van der Waals surface area contributed by atoms with Crippen LogP contribution in [0.15, 0.2) is 11.1 Å². The van der Waals surface area contributed by atoms with Gasteiger partial charge in [0.1, 0.15) is 0 Å². The minimum atomic E-state index is 0.821. The lowest BCUT2D eigenvalue weighted by Crippen LogP contribution is -2.38. The molecule has 0 aliphatic carbocycles. The summed E-state index contributed by atoms with van der Waals surface area (Å²) in [5, 5.41) is 11.3. The largest absolute Gasteiger partial charge is 0.357 e. The van der Waals surface area contributed by atoms with Gasteiger partial charge in [-0.2, -0.15) is 5.10 Å². The van der Waals surface area contributed by atoms with Gasteiger partial charge in [-0.1, -0.05) is 0 Å². The van der Waals surface area contributed by atoms with Gasteiger partial charge >= 0.3 is 0 Å². The van der Waals surface area contributed by atoms with Crippen molar-refractivity contribution in [2.24, 2.45) is 4.99 Å². The Balaban J connectivity index is 1.60. The van der Waals surface area contributed by atoms with Crippen LogP contribution < -0.4 is 10.6 Å². The first-order chi connectivity index (χ1) is 12.2. The maximum atomic E-state index is 4.68. The average molecular weight is 349 g/mol. The Kier molecular flexibility index (Phi) is 8.80. The molecule has 2 rings (SSSR count). The average Bonchev–Trinajstić information content (AvgIpc) is 3.20. The minimum Gasteiger partial charge on any atom is -0.357 e. The quantitative estimate of drug-likeness (QED) is 0.387. The Morgan fingerprint density at radius 3 is 2.60 bits per heavy atom. The summed E-state index contributed by atoms with van der Waals surface area (Å²) >= 11 is 0. The van der Waals surface area contributed by atoms with E-state index in [1.807, 2.05) is 6.92 Å². The van der Waals surface area contributed by atoms with Crippen LogP contribution in [0, 0.1) is 13.8 Å². The third-order valence-corrected chi connectivity index (χ3v) is 4.64. The summed E-state index contributed by atoms with van der Waals surface area (Å²) < 4.78 is 2.07. The van der Waals surface area contributed by atoms with E-state index in [-0.39, 0.29) is 0 Å². The molecule has 25 heavy (non-hydrogen) atoms. The fourth-order valence-electron chi connectivity index (χ4n) is 3.33. The van der Waals surface area contributed by atoms with Gasteiger partial charge in [-0.05, 0) is 78.6 Å². The second-order valence-corrected chi connectivity index (χ2v) is 6.95. The summed E-state index contributed by atoms with van der Waals surface area (Å²) in [6.45, 7) is 13.8. The van der Waals surface area contributed by atoms with Gasteiger partial charge in [-0.15, -0.1) is 0 Å². The highest BCUT2D eigenvalue weighted by molar-refractivity contribution is 5.79. The molecule has 0 bridgehead atoms. The summed E-state index contributed by atoms with van der Waals surface area (Å²) in [6.07, 6.45) is 6.24. The van der Waals surface area contributed by atoms with Gasteiger partial charge in [0.25, 0.3) is 0 Å². The molecule has 6 heteroatoms. The first-order valence-corrected chi connectivity index (χ1v) is 9.94. The Labute approximate surface area is 153 Å². The maximum Gasteiger partial charge on any atom is 0.191 e. The fourth-order valence-corrected chi connectivity index (χ4v) is 3.33. The van der Waals surface area contributed by atoms with Gasteiger partial charge in [0.2, 0.25) is 0 Å². The monoisotopic (exact) mass is 348 g/mol. The smallest absolute Gasteiger partial charge is 0.191 e. The highest BCUT2D eigenvalue weighted by Crippen LogP contribution is 2.07. The second-order valence-electron chi connectivity index (χ2n) is 6.95. The Bertz CT molecular complexity index is 516. The first-order valence-electron chi connectivity index (χ1n) is 9.94. The molecule has 1 aliphatic rings. The second kappa shape index (κ2) is 11.1. The van der Waals surface area contributed by atoms with Crippen molar-refractivity contribution in [1.82, 2.24) is 25.3 Å². The number of guanidine groups is 1. The number of unbranched alkanes of at least 4 members (excludes halogenated alkanes) is 1. The Morgan fingerprint density at radius 1 is 1.12 bits per heavy atom. The number of hydrogen-bond acceptors (Lipinski definition) is 3. The molecule has 0 amide bonds. The van der Waals surface area contributed by atoms with Crippen LogP contribution in [-0.2, 0) is 6.54 Å². The molecule has 1 aliphatic heterocycles. The van der Waals surface area contributed by atoms with Crippen LogP contribution in [0.4, 0.5) is 0 Å². The Morgan fingerprint density at radius 2 is 1.92 bits per heavy atom. The normalized spacial score (nSPS) is 15.7. The third-order valence-electron chi connectivity index (χ3n) is 4.64. The predicted octanol–water partition coefficient (Wildman–Crippen LogP) is 2.32. The van der Waals surface area contributed by atoms with Crippen LogP contribution in [0.5, 0.6) is 0 Å². The number of rotatable bonds is 10. The molecular formula is C19H36N6. The van der Waals surface area contributed by atoms with Crippen molar-refractivity contribution < 1.29 is 0 Å². The van der Waals surface area contributed by atoms with E-state index in [9.17, 15) is 0 Å². The van der Waals surface area contributed by atoms with Crippen molar-refractivity contribution in [3.63, 3.8) is 0 Å². The Hall–Kier alpha value is -1.56. The molecule has 2 N–H and O–H groups in total. The number of nitrogens with one attached hydrogen (secondary N) is 2. The molecule has 0 atom stereocenters. The molecule has 1 fully saturated rings. The van der Waals surface area contributed by atoms with Crippen molar-refractivity contribution in [2.75, 3.05) is 39.3 Å². The molecule has 142 valence electrons. The SMILES string of the molecule is CCNC(=NCCCn1nc(C)cc1C)NCCCCN1CCCC1. The van der Waals surface area contributed by atoms with E-state index in [4.69, 9.17) is 0 Å². The highest BCUT2D eigenvalue weighted by atomic mass is 15.3. The number of aliphatic imine (C=N–C) groups is 1. The highest BCUT2D eigenvalue weighted by Gasteiger charge is 2.10. The number of aryl methyl sites for hydroxylation is 3. The molecule has 1 aromatic rings. The van der Waals surface area contributed by atoms with Crippen LogP contribution in [0.3, 0.4) is 0 Å². The molecule has 1 saturated heterocycles. The minimum absolute atomic E-state index is 0.821. The van der Waals surface area contributed by atoms with E-state index in [1.165, 1.54) is 51.0 Å². The number of hydrogen-bond donors (Lipinski definition) is 2. The number of nitrogens with zero attached hydrogens (tertiary/aromatic N) is 4. The molecule has 0 aromatic carbocycles. The van der Waals surface area contributed by atoms with Crippen molar-refractivity contribution in [1.29, 1.82) is 0 Å². The number of likely N-dealkylation sites (tertiary alicyclic amines) is 1. The van der Waals surface area contributed by atoms with Gasteiger partial charge in [0.05, 0.1) is 5.69 Å². The molecular weight excluding hydrogens is 312 g/mol. The van der Waals surface area contributed by atoms with Crippen LogP contribution in [0.1, 0.15) is 50.4 Å². The molecule has 0 saturated carbocycles.